The molecule has 2 aromatic carbocycles. The number of aromatic nitrogens is 2. The second-order valence-corrected chi connectivity index (χ2v) is 6.74. The van der Waals surface area contributed by atoms with Crippen LogP contribution in [0.2, 0.25) is 0 Å². The smallest absolute Gasteiger partial charge is 0.224 e. The summed E-state index contributed by atoms with van der Waals surface area (Å²) in [4.78, 5) is 13.7. The number of ether oxygens (including phenoxy) is 1. The first-order valence-electron chi connectivity index (χ1n) is 8.93. The van der Waals surface area contributed by atoms with Crippen LogP contribution in [0, 0.1) is 5.82 Å². The molecule has 1 aliphatic heterocycles. The van der Waals surface area contributed by atoms with Crippen molar-refractivity contribution in [3.8, 4) is 22.6 Å². The van der Waals surface area contributed by atoms with E-state index in [0.717, 1.165) is 12.0 Å². The van der Waals surface area contributed by atoms with Gasteiger partial charge in [0, 0.05) is 35.9 Å². The van der Waals surface area contributed by atoms with E-state index < -0.39 is 5.82 Å². The maximum Gasteiger partial charge on any atom is 0.224 e. The number of halogens is 1. The maximum atomic E-state index is 15.1. The number of anilines is 1. The van der Waals surface area contributed by atoms with E-state index in [9.17, 15) is 4.79 Å². The van der Waals surface area contributed by atoms with Gasteiger partial charge in [-0.05, 0) is 38.0 Å². The second-order valence-electron chi connectivity index (χ2n) is 6.74. The molecule has 138 valence electrons. The van der Waals surface area contributed by atoms with Gasteiger partial charge in [0.15, 0.2) is 0 Å². The van der Waals surface area contributed by atoms with Crippen molar-refractivity contribution >= 4 is 11.6 Å². The van der Waals surface area contributed by atoms with Crippen LogP contribution in [0.15, 0.2) is 48.8 Å². The Hall–Kier alpha value is -3.15. The number of nitrogens with zero attached hydrogens (tertiary/aromatic N) is 2. The third-order valence-electron chi connectivity index (χ3n) is 4.91. The Kier molecular flexibility index (Phi) is 4.39. The number of carbonyl (C=O) groups is 1. The molecule has 3 aromatic rings. The standard InChI is InChI=1S/C21H20FN3O2/c1-13-8-9-17-20(25(13)14(2)26)19(22)10-18(15-11-23-24-12-15)21(17)27-16-6-4-3-5-7-16/h3-7,10-13H,8-9H2,1-2H3,(H,23,24). The third-order valence-corrected chi connectivity index (χ3v) is 4.91. The van der Waals surface area contributed by atoms with Crippen molar-refractivity contribution in [2.75, 3.05) is 4.90 Å². The van der Waals surface area contributed by atoms with Crippen molar-refractivity contribution in [1.82, 2.24) is 10.2 Å². The highest BCUT2D eigenvalue weighted by Gasteiger charge is 2.33. The number of hydrogen-bond donors (Lipinski definition) is 1. The van der Waals surface area contributed by atoms with Crippen LogP contribution in [0.5, 0.6) is 11.5 Å². The molecule has 1 N–H and O–H groups in total. The fourth-order valence-electron chi connectivity index (χ4n) is 3.67. The van der Waals surface area contributed by atoms with Gasteiger partial charge in [0.2, 0.25) is 5.91 Å². The summed E-state index contributed by atoms with van der Waals surface area (Å²) in [6.07, 6.45) is 4.71. The molecule has 0 spiro atoms. The van der Waals surface area contributed by atoms with Crippen molar-refractivity contribution in [2.24, 2.45) is 0 Å². The summed E-state index contributed by atoms with van der Waals surface area (Å²) in [7, 11) is 0. The molecular formula is C21H20FN3O2. The highest BCUT2D eigenvalue weighted by atomic mass is 19.1. The lowest BCUT2D eigenvalue weighted by Gasteiger charge is -2.36. The number of amides is 1. The molecule has 6 heteroatoms. The SMILES string of the molecule is CC(=O)N1c2c(F)cc(-c3cn[nH]c3)c(Oc3ccccc3)c2CCC1C. The summed E-state index contributed by atoms with van der Waals surface area (Å²) in [5, 5.41) is 6.74. The van der Waals surface area contributed by atoms with Crippen LogP contribution < -0.4 is 9.64 Å². The number of nitrogens with one attached hydrogen (secondary N) is 1. The van der Waals surface area contributed by atoms with Crippen LogP contribution in [-0.4, -0.2) is 22.1 Å². The first-order chi connectivity index (χ1) is 13.1. The monoisotopic (exact) mass is 365 g/mol. The molecule has 1 amide bonds. The number of hydrogen-bond acceptors (Lipinski definition) is 3. The molecule has 1 aromatic heterocycles. The van der Waals surface area contributed by atoms with E-state index in [-0.39, 0.29) is 11.9 Å². The van der Waals surface area contributed by atoms with E-state index in [2.05, 4.69) is 10.2 Å². The van der Waals surface area contributed by atoms with Crippen LogP contribution in [0.3, 0.4) is 0 Å². The van der Waals surface area contributed by atoms with Crippen molar-refractivity contribution in [3.63, 3.8) is 0 Å². The highest BCUT2D eigenvalue weighted by Crippen LogP contribution is 2.46. The fraction of sp³-hybridized carbons (Fsp3) is 0.238. The lowest BCUT2D eigenvalue weighted by molar-refractivity contribution is -0.117. The second kappa shape index (κ2) is 6.87. The molecule has 1 unspecified atom stereocenters. The number of fused-ring (bicyclic) bond motifs is 1. The Morgan fingerprint density at radius 2 is 2.11 bits per heavy atom. The lowest BCUT2D eigenvalue weighted by Crippen LogP contribution is -2.41. The largest absolute Gasteiger partial charge is 0.456 e. The predicted molar refractivity (Wildman–Crippen MR) is 101 cm³/mol. The van der Waals surface area contributed by atoms with Gasteiger partial charge < -0.3 is 9.64 Å². The molecule has 0 fully saturated rings. The van der Waals surface area contributed by atoms with E-state index >= 15 is 4.39 Å². The molecule has 27 heavy (non-hydrogen) atoms. The zero-order valence-corrected chi connectivity index (χ0v) is 15.2. The topological polar surface area (TPSA) is 58.2 Å². The summed E-state index contributed by atoms with van der Waals surface area (Å²) in [6, 6.07) is 10.7. The fourth-order valence-corrected chi connectivity index (χ4v) is 3.67. The quantitative estimate of drug-likeness (QED) is 0.732. The van der Waals surface area contributed by atoms with Gasteiger partial charge in [0.1, 0.15) is 17.3 Å². The van der Waals surface area contributed by atoms with Crippen molar-refractivity contribution in [1.29, 1.82) is 0 Å². The Bertz CT molecular complexity index is 971. The Balaban J connectivity index is 1.95. The van der Waals surface area contributed by atoms with Crippen LogP contribution >= 0.6 is 0 Å². The molecule has 2 heterocycles. The first-order valence-corrected chi connectivity index (χ1v) is 8.93. The number of benzene rings is 2. The van der Waals surface area contributed by atoms with Gasteiger partial charge in [-0.25, -0.2) is 4.39 Å². The minimum atomic E-state index is -0.427. The summed E-state index contributed by atoms with van der Waals surface area (Å²) in [5.41, 5.74) is 2.38. The van der Waals surface area contributed by atoms with Gasteiger partial charge in [0.25, 0.3) is 0 Å². The first kappa shape index (κ1) is 17.3. The summed E-state index contributed by atoms with van der Waals surface area (Å²) in [6.45, 7) is 3.40. The minimum Gasteiger partial charge on any atom is -0.456 e. The predicted octanol–water partition coefficient (Wildman–Crippen LogP) is 4.70. The van der Waals surface area contributed by atoms with Gasteiger partial charge in [-0.15, -0.1) is 0 Å². The number of aromatic amines is 1. The van der Waals surface area contributed by atoms with Gasteiger partial charge in [0.05, 0.1) is 11.9 Å². The van der Waals surface area contributed by atoms with Crippen LogP contribution in [-0.2, 0) is 11.2 Å². The van der Waals surface area contributed by atoms with Crippen LogP contribution in [0.4, 0.5) is 10.1 Å². The minimum absolute atomic E-state index is 0.0612. The lowest BCUT2D eigenvalue weighted by atomic mass is 9.91. The number of rotatable bonds is 3. The average molecular weight is 365 g/mol. The van der Waals surface area contributed by atoms with E-state index in [1.807, 2.05) is 37.3 Å². The van der Waals surface area contributed by atoms with Gasteiger partial charge in [-0.3, -0.25) is 9.89 Å². The number of para-hydroxylation sites is 1. The molecule has 1 aliphatic rings. The summed E-state index contributed by atoms with van der Waals surface area (Å²) < 4.78 is 21.3. The van der Waals surface area contributed by atoms with Crippen molar-refractivity contribution in [2.45, 2.75) is 32.7 Å². The summed E-state index contributed by atoms with van der Waals surface area (Å²) >= 11 is 0. The molecule has 4 rings (SSSR count). The molecule has 0 saturated heterocycles. The zero-order chi connectivity index (χ0) is 19.0. The number of carbonyl (C=O) groups excluding carboxylic acids is 1. The third kappa shape index (κ3) is 3.07. The molecule has 0 saturated carbocycles. The van der Waals surface area contributed by atoms with Crippen LogP contribution in [0.25, 0.3) is 11.1 Å². The van der Waals surface area contributed by atoms with Gasteiger partial charge >= 0.3 is 0 Å². The number of H-pyrrole nitrogens is 1. The molecule has 5 nitrogen and oxygen atoms in total. The molecule has 0 aliphatic carbocycles. The molecule has 0 radical (unpaired) electrons. The van der Waals surface area contributed by atoms with Crippen molar-refractivity contribution < 1.29 is 13.9 Å². The Morgan fingerprint density at radius 1 is 1.33 bits per heavy atom. The highest BCUT2D eigenvalue weighted by molar-refractivity contribution is 5.95. The normalized spacial score (nSPS) is 16.1. The average Bonchev–Trinajstić information content (AvgIpc) is 3.19. The zero-order valence-electron chi connectivity index (χ0n) is 15.2. The van der Waals surface area contributed by atoms with Crippen molar-refractivity contribution in [3.05, 3.63) is 60.2 Å². The van der Waals surface area contributed by atoms with Crippen LogP contribution in [0.1, 0.15) is 25.8 Å². The maximum absolute atomic E-state index is 15.1. The Labute approximate surface area is 156 Å². The van der Waals surface area contributed by atoms with Gasteiger partial charge in [-0.1, -0.05) is 18.2 Å². The van der Waals surface area contributed by atoms with E-state index in [1.54, 1.807) is 12.4 Å². The molecule has 0 bridgehead atoms. The van der Waals surface area contributed by atoms with E-state index in [1.165, 1.54) is 17.9 Å². The Morgan fingerprint density at radius 3 is 2.78 bits per heavy atom. The summed E-state index contributed by atoms with van der Waals surface area (Å²) in [5.74, 6) is 0.619. The molecular weight excluding hydrogens is 345 g/mol. The van der Waals surface area contributed by atoms with E-state index in [4.69, 9.17) is 4.74 Å². The molecule has 1 atom stereocenters. The van der Waals surface area contributed by atoms with Gasteiger partial charge in [-0.2, -0.15) is 5.10 Å². The van der Waals surface area contributed by atoms with E-state index in [0.29, 0.717) is 34.7 Å².